The molecule has 0 fully saturated rings. The van der Waals surface area contributed by atoms with Crippen LogP contribution >= 0.6 is 12.6 Å². The van der Waals surface area contributed by atoms with Gasteiger partial charge in [-0.2, -0.15) is 12.6 Å². The minimum atomic E-state index is -0.976. The lowest BCUT2D eigenvalue weighted by atomic mass is 9.98. The molecule has 0 heterocycles. The van der Waals surface area contributed by atoms with Crippen LogP contribution in [0.1, 0.15) is 33.1 Å². The highest BCUT2D eigenvalue weighted by atomic mass is 32.1. The quantitative estimate of drug-likeness (QED) is 0.578. The molecule has 82 valence electrons. The van der Waals surface area contributed by atoms with Crippen molar-refractivity contribution < 1.29 is 14.7 Å². The van der Waals surface area contributed by atoms with E-state index in [1.54, 1.807) is 0 Å². The fraction of sp³-hybridized carbons (Fsp3) is 0.778. The van der Waals surface area contributed by atoms with E-state index >= 15 is 0 Å². The average molecular weight is 219 g/mol. The maximum absolute atomic E-state index is 11.3. The van der Waals surface area contributed by atoms with Crippen LogP contribution in [-0.4, -0.2) is 27.6 Å². The molecular weight excluding hydrogens is 202 g/mol. The van der Waals surface area contributed by atoms with Crippen LogP contribution < -0.4 is 5.73 Å². The summed E-state index contributed by atoms with van der Waals surface area (Å²) in [7, 11) is 0. The SMILES string of the molecule is CC(C)(S)CC(N)C(=O)CCC(=O)O. The molecule has 5 heteroatoms. The molecule has 4 nitrogen and oxygen atoms in total. The van der Waals surface area contributed by atoms with Gasteiger partial charge in [-0.05, 0) is 6.42 Å². The van der Waals surface area contributed by atoms with Crippen molar-refractivity contribution in [1.82, 2.24) is 0 Å². The number of nitrogens with two attached hydrogens (primary N) is 1. The molecule has 0 aliphatic carbocycles. The van der Waals surface area contributed by atoms with E-state index in [2.05, 4.69) is 12.6 Å². The topological polar surface area (TPSA) is 80.4 Å². The molecule has 0 rings (SSSR count). The predicted molar refractivity (Wildman–Crippen MR) is 57.5 cm³/mol. The Morgan fingerprint density at radius 2 is 1.93 bits per heavy atom. The second-order valence-corrected chi connectivity index (χ2v) is 5.19. The van der Waals surface area contributed by atoms with Gasteiger partial charge in [0.05, 0.1) is 12.5 Å². The van der Waals surface area contributed by atoms with E-state index in [-0.39, 0.29) is 23.4 Å². The van der Waals surface area contributed by atoms with Crippen molar-refractivity contribution in [3.63, 3.8) is 0 Å². The minimum absolute atomic E-state index is 0.000355. The summed E-state index contributed by atoms with van der Waals surface area (Å²) in [6.07, 6.45) is 0.300. The number of carboxylic acids is 1. The first-order valence-corrected chi connectivity index (χ1v) is 4.89. The number of hydrogen-bond acceptors (Lipinski definition) is 4. The Kier molecular flexibility index (Phi) is 5.15. The number of ketones is 1. The Morgan fingerprint density at radius 3 is 2.29 bits per heavy atom. The molecule has 0 amide bonds. The van der Waals surface area contributed by atoms with Gasteiger partial charge in [0.1, 0.15) is 5.78 Å². The Morgan fingerprint density at radius 1 is 1.43 bits per heavy atom. The van der Waals surface area contributed by atoms with E-state index in [1.807, 2.05) is 13.8 Å². The summed E-state index contributed by atoms with van der Waals surface area (Å²) in [6.45, 7) is 3.72. The summed E-state index contributed by atoms with van der Waals surface area (Å²) in [5.74, 6) is -1.19. The third-order valence-corrected chi connectivity index (χ3v) is 1.90. The molecule has 0 bridgehead atoms. The minimum Gasteiger partial charge on any atom is -0.481 e. The highest BCUT2D eigenvalue weighted by molar-refractivity contribution is 7.81. The molecular formula is C9H17NO3S. The van der Waals surface area contributed by atoms with E-state index < -0.39 is 12.0 Å². The maximum Gasteiger partial charge on any atom is 0.303 e. The Balaban J connectivity index is 3.94. The number of Topliss-reactive ketones (excluding diaryl/α,β-unsaturated/α-hetero) is 1. The third-order valence-electron chi connectivity index (χ3n) is 1.72. The Hall–Kier alpha value is -0.550. The van der Waals surface area contributed by atoms with Gasteiger partial charge in [-0.25, -0.2) is 0 Å². The lowest BCUT2D eigenvalue weighted by Crippen LogP contribution is -2.36. The Labute approximate surface area is 89.3 Å². The number of carbonyl (C=O) groups excluding carboxylic acids is 1. The van der Waals surface area contributed by atoms with Gasteiger partial charge in [-0.15, -0.1) is 0 Å². The summed E-state index contributed by atoms with van der Waals surface area (Å²) in [6, 6.07) is -0.609. The van der Waals surface area contributed by atoms with Crippen LogP contribution in [0.2, 0.25) is 0 Å². The Bertz CT molecular complexity index is 223. The third kappa shape index (κ3) is 6.91. The number of aliphatic carboxylic acids is 1. The summed E-state index contributed by atoms with van der Waals surface area (Å²) >= 11 is 4.25. The molecule has 0 aromatic heterocycles. The zero-order valence-corrected chi connectivity index (χ0v) is 9.38. The fourth-order valence-electron chi connectivity index (χ4n) is 1.07. The first kappa shape index (κ1) is 13.4. The number of hydrogen-bond donors (Lipinski definition) is 3. The van der Waals surface area contributed by atoms with E-state index in [9.17, 15) is 9.59 Å². The van der Waals surface area contributed by atoms with Gasteiger partial charge in [0, 0.05) is 11.2 Å². The van der Waals surface area contributed by atoms with E-state index in [0.717, 1.165) is 0 Å². The van der Waals surface area contributed by atoms with Gasteiger partial charge in [-0.3, -0.25) is 9.59 Å². The highest BCUT2D eigenvalue weighted by Crippen LogP contribution is 2.19. The second kappa shape index (κ2) is 5.36. The molecule has 0 radical (unpaired) electrons. The average Bonchev–Trinajstić information content (AvgIpc) is 1.96. The van der Waals surface area contributed by atoms with Crippen LogP contribution in [0.3, 0.4) is 0 Å². The van der Waals surface area contributed by atoms with E-state index in [1.165, 1.54) is 0 Å². The van der Waals surface area contributed by atoms with E-state index in [0.29, 0.717) is 6.42 Å². The number of carbonyl (C=O) groups is 2. The van der Waals surface area contributed by atoms with Crippen LogP contribution in [0.15, 0.2) is 0 Å². The molecule has 0 saturated carbocycles. The van der Waals surface area contributed by atoms with Gasteiger partial charge in [0.25, 0.3) is 0 Å². The van der Waals surface area contributed by atoms with Gasteiger partial charge >= 0.3 is 5.97 Å². The molecule has 1 unspecified atom stereocenters. The molecule has 0 saturated heterocycles. The molecule has 0 aromatic carbocycles. The van der Waals surface area contributed by atoms with Crippen molar-refractivity contribution in [3.8, 4) is 0 Å². The lowest BCUT2D eigenvalue weighted by Gasteiger charge is -2.21. The number of carboxylic acid groups (broad SMARTS) is 1. The van der Waals surface area contributed by atoms with Gasteiger partial charge in [0.15, 0.2) is 0 Å². The van der Waals surface area contributed by atoms with Crippen molar-refractivity contribution in [2.75, 3.05) is 0 Å². The molecule has 14 heavy (non-hydrogen) atoms. The van der Waals surface area contributed by atoms with Crippen LogP contribution in [0.5, 0.6) is 0 Å². The summed E-state index contributed by atoms with van der Waals surface area (Å²) in [5, 5.41) is 8.37. The van der Waals surface area contributed by atoms with E-state index in [4.69, 9.17) is 10.8 Å². The molecule has 0 spiro atoms. The van der Waals surface area contributed by atoms with Crippen molar-refractivity contribution in [2.24, 2.45) is 5.73 Å². The summed E-state index contributed by atoms with van der Waals surface area (Å²) in [5.41, 5.74) is 5.60. The molecule has 1 atom stereocenters. The number of rotatable bonds is 6. The fourth-order valence-corrected chi connectivity index (χ4v) is 1.26. The second-order valence-electron chi connectivity index (χ2n) is 3.98. The summed E-state index contributed by atoms with van der Waals surface area (Å²) < 4.78 is -0.307. The molecule has 3 N–H and O–H groups in total. The largest absolute Gasteiger partial charge is 0.481 e. The zero-order valence-electron chi connectivity index (χ0n) is 8.49. The van der Waals surface area contributed by atoms with Gasteiger partial charge in [0.2, 0.25) is 0 Å². The predicted octanol–water partition coefficient (Wildman–Crippen LogP) is 0.846. The van der Waals surface area contributed by atoms with Crippen LogP contribution in [-0.2, 0) is 9.59 Å². The lowest BCUT2D eigenvalue weighted by molar-refractivity contribution is -0.138. The van der Waals surface area contributed by atoms with Crippen LogP contribution in [0.25, 0.3) is 0 Å². The normalized spacial score (nSPS) is 13.7. The molecule has 0 aliphatic heterocycles. The zero-order chi connectivity index (χ0) is 11.4. The summed E-state index contributed by atoms with van der Waals surface area (Å²) in [4.78, 5) is 21.5. The van der Waals surface area contributed by atoms with Crippen molar-refractivity contribution in [3.05, 3.63) is 0 Å². The van der Waals surface area contributed by atoms with Crippen molar-refractivity contribution in [1.29, 1.82) is 0 Å². The highest BCUT2D eigenvalue weighted by Gasteiger charge is 2.22. The monoisotopic (exact) mass is 219 g/mol. The van der Waals surface area contributed by atoms with Crippen molar-refractivity contribution >= 4 is 24.4 Å². The van der Waals surface area contributed by atoms with Gasteiger partial charge in [-0.1, -0.05) is 13.8 Å². The van der Waals surface area contributed by atoms with Crippen LogP contribution in [0, 0.1) is 0 Å². The first-order chi connectivity index (χ1) is 6.22. The first-order valence-electron chi connectivity index (χ1n) is 4.45. The smallest absolute Gasteiger partial charge is 0.303 e. The van der Waals surface area contributed by atoms with Crippen LogP contribution in [0.4, 0.5) is 0 Å². The maximum atomic E-state index is 11.3. The molecule has 0 aliphatic rings. The standard InChI is InChI=1S/C9H17NO3S/c1-9(2,14)5-6(10)7(11)3-4-8(12)13/h6,14H,3-5,10H2,1-2H3,(H,12,13). The van der Waals surface area contributed by atoms with Crippen molar-refractivity contribution in [2.45, 2.75) is 43.9 Å². The van der Waals surface area contributed by atoms with Gasteiger partial charge < -0.3 is 10.8 Å². The molecule has 0 aromatic rings. The number of thiol groups is 1.